The number of carbonyl (C=O) groups is 2. The maximum atomic E-state index is 13.0. The van der Waals surface area contributed by atoms with Crippen LogP contribution in [0.2, 0.25) is 0 Å². The summed E-state index contributed by atoms with van der Waals surface area (Å²) < 4.78 is 0. The molecule has 2 aromatic carbocycles. The summed E-state index contributed by atoms with van der Waals surface area (Å²) >= 11 is 1.37. The van der Waals surface area contributed by atoms with Crippen LogP contribution in [0.25, 0.3) is 22.2 Å². The Morgan fingerprint density at radius 3 is 2.74 bits per heavy atom. The molecule has 0 aliphatic heterocycles. The highest BCUT2D eigenvalue weighted by Crippen LogP contribution is 2.28. The molecule has 1 atom stereocenters. The van der Waals surface area contributed by atoms with Crippen LogP contribution < -0.4 is 10.6 Å². The third-order valence-electron chi connectivity index (χ3n) is 5.19. The van der Waals surface area contributed by atoms with Crippen LogP contribution in [-0.2, 0) is 16.0 Å². The number of aromatic amines is 1. The molecule has 158 valence electrons. The lowest BCUT2D eigenvalue weighted by molar-refractivity contribution is -0.125. The minimum atomic E-state index is -0.704. The highest BCUT2D eigenvalue weighted by molar-refractivity contribution is 7.14. The fourth-order valence-electron chi connectivity index (χ4n) is 3.72. The number of benzene rings is 2. The minimum Gasteiger partial charge on any atom is -0.361 e. The number of amides is 2. The summed E-state index contributed by atoms with van der Waals surface area (Å²) in [5.41, 5.74) is 6.17. The van der Waals surface area contributed by atoms with Gasteiger partial charge in [0.15, 0.2) is 5.13 Å². The molecule has 0 aliphatic rings. The third-order valence-corrected chi connectivity index (χ3v) is 5.94. The second kappa shape index (κ2) is 8.73. The van der Waals surface area contributed by atoms with Crippen molar-refractivity contribution in [3.05, 3.63) is 70.7 Å². The second-order valence-corrected chi connectivity index (χ2v) is 8.52. The van der Waals surface area contributed by atoms with Gasteiger partial charge in [0.25, 0.3) is 0 Å². The number of hydrogen-bond acceptors (Lipinski definition) is 4. The monoisotopic (exact) mass is 432 g/mol. The number of rotatable bonds is 6. The van der Waals surface area contributed by atoms with Crippen molar-refractivity contribution in [2.45, 2.75) is 33.2 Å². The van der Waals surface area contributed by atoms with Crippen molar-refractivity contribution in [2.24, 2.45) is 0 Å². The summed E-state index contributed by atoms with van der Waals surface area (Å²) in [4.78, 5) is 32.5. The van der Waals surface area contributed by atoms with Crippen LogP contribution in [0.15, 0.2) is 54.0 Å². The Labute approximate surface area is 184 Å². The molecule has 0 saturated heterocycles. The largest absolute Gasteiger partial charge is 0.361 e. The summed E-state index contributed by atoms with van der Waals surface area (Å²) in [5.74, 6) is -0.544. The van der Waals surface area contributed by atoms with Gasteiger partial charge in [-0.15, -0.1) is 11.3 Å². The van der Waals surface area contributed by atoms with Crippen molar-refractivity contribution in [1.29, 1.82) is 0 Å². The molecule has 0 fully saturated rings. The van der Waals surface area contributed by atoms with E-state index in [2.05, 4.69) is 33.6 Å². The van der Waals surface area contributed by atoms with Gasteiger partial charge in [-0.25, -0.2) is 4.98 Å². The Balaban J connectivity index is 1.53. The Bertz CT molecular complexity index is 1260. The molecule has 4 aromatic rings. The average molecular weight is 433 g/mol. The van der Waals surface area contributed by atoms with Gasteiger partial charge in [-0.1, -0.05) is 42.0 Å². The molecule has 6 nitrogen and oxygen atoms in total. The topological polar surface area (TPSA) is 86.9 Å². The number of H-pyrrole nitrogens is 1. The van der Waals surface area contributed by atoms with Crippen molar-refractivity contribution in [3.63, 3.8) is 0 Å². The normalized spacial score (nSPS) is 12.0. The summed E-state index contributed by atoms with van der Waals surface area (Å²) in [6.07, 6.45) is 2.26. The molecule has 0 radical (unpaired) electrons. The number of nitrogens with zero attached hydrogens (tertiary/aromatic N) is 1. The van der Waals surface area contributed by atoms with Crippen LogP contribution >= 0.6 is 11.3 Å². The molecule has 0 bridgehead atoms. The van der Waals surface area contributed by atoms with Crippen molar-refractivity contribution < 1.29 is 9.59 Å². The first-order valence-electron chi connectivity index (χ1n) is 10.1. The molecule has 1 unspecified atom stereocenters. The van der Waals surface area contributed by atoms with E-state index in [0.717, 1.165) is 33.3 Å². The molecule has 0 saturated carbocycles. The number of anilines is 1. The maximum Gasteiger partial charge on any atom is 0.249 e. The molecule has 3 N–H and O–H groups in total. The number of aromatic nitrogens is 2. The molecular formula is C24H24N4O2S. The molecule has 0 aliphatic carbocycles. The Morgan fingerprint density at radius 2 is 1.97 bits per heavy atom. The summed E-state index contributed by atoms with van der Waals surface area (Å²) in [5, 5.41) is 9.12. The van der Waals surface area contributed by atoms with Crippen LogP contribution in [0, 0.1) is 13.8 Å². The van der Waals surface area contributed by atoms with E-state index >= 15 is 0 Å². The second-order valence-electron chi connectivity index (χ2n) is 7.66. The van der Waals surface area contributed by atoms with Gasteiger partial charge in [0.1, 0.15) is 6.04 Å². The van der Waals surface area contributed by atoms with Crippen LogP contribution in [0.1, 0.15) is 23.6 Å². The Hall–Kier alpha value is -3.45. The third kappa shape index (κ3) is 4.67. The van der Waals surface area contributed by atoms with Gasteiger partial charge in [0, 0.05) is 41.4 Å². The molecule has 2 aromatic heterocycles. The fourth-order valence-corrected chi connectivity index (χ4v) is 4.44. The van der Waals surface area contributed by atoms with Gasteiger partial charge in [0.05, 0.1) is 5.69 Å². The molecule has 31 heavy (non-hydrogen) atoms. The van der Waals surface area contributed by atoms with Gasteiger partial charge in [-0.2, -0.15) is 0 Å². The van der Waals surface area contributed by atoms with E-state index in [9.17, 15) is 9.59 Å². The van der Waals surface area contributed by atoms with Crippen molar-refractivity contribution >= 4 is 39.2 Å². The molecule has 0 spiro atoms. The van der Waals surface area contributed by atoms with Gasteiger partial charge < -0.3 is 15.6 Å². The number of aryl methyl sites for hydroxylation is 2. The number of hydrogen-bond donors (Lipinski definition) is 3. The van der Waals surface area contributed by atoms with E-state index in [0.29, 0.717) is 11.6 Å². The van der Waals surface area contributed by atoms with Crippen molar-refractivity contribution in [1.82, 2.24) is 15.3 Å². The van der Waals surface area contributed by atoms with Gasteiger partial charge >= 0.3 is 0 Å². The van der Waals surface area contributed by atoms with Gasteiger partial charge in [-0.05, 0) is 31.0 Å². The summed E-state index contributed by atoms with van der Waals surface area (Å²) in [7, 11) is 0. The SMILES string of the molecule is CC(=O)NC(Cc1c[nH]c2ccccc12)C(=O)Nc1nc(-c2ccc(C)cc2C)cs1. The summed E-state index contributed by atoms with van der Waals surface area (Å²) in [6, 6.07) is 13.4. The van der Waals surface area contributed by atoms with Crippen LogP contribution in [0.4, 0.5) is 5.13 Å². The number of carbonyl (C=O) groups excluding carboxylic acids is 2. The first kappa shape index (κ1) is 20.8. The Kier molecular flexibility index (Phi) is 5.86. The van der Waals surface area contributed by atoms with E-state index in [1.807, 2.05) is 54.9 Å². The zero-order chi connectivity index (χ0) is 22.0. The van der Waals surface area contributed by atoms with Crippen LogP contribution in [0.3, 0.4) is 0 Å². The number of fused-ring (bicyclic) bond motifs is 1. The van der Waals surface area contributed by atoms with E-state index in [1.165, 1.54) is 23.8 Å². The average Bonchev–Trinajstić information content (AvgIpc) is 3.34. The molecule has 7 heteroatoms. The highest BCUT2D eigenvalue weighted by atomic mass is 32.1. The van der Waals surface area contributed by atoms with Crippen molar-refractivity contribution in [3.8, 4) is 11.3 Å². The van der Waals surface area contributed by atoms with Gasteiger partial charge in [0.2, 0.25) is 11.8 Å². The minimum absolute atomic E-state index is 0.255. The standard InChI is InChI=1S/C24H24N4O2S/c1-14-8-9-18(15(2)10-14)22-13-31-24(27-22)28-23(30)21(26-16(3)29)11-17-12-25-20-7-5-4-6-19(17)20/h4-10,12-13,21,25H,11H2,1-3H3,(H,26,29)(H,27,28,30). The zero-order valence-electron chi connectivity index (χ0n) is 17.7. The molecule has 4 rings (SSSR count). The summed E-state index contributed by atoms with van der Waals surface area (Å²) in [6.45, 7) is 5.52. The lowest BCUT2D eigenvalue weighted by atomic mass is 10.0. The lowest BCUT2D eigenvalue weighted by Crippen LogP contribution is -2.44. The fraction of sp³-hybridized carbons (Fsp3) is 0.208. The molecular weight excluding hydrogens is 408 g/mol. The molecule has 2 amide bonds. The lowest BCUT2D eigenvalue weighted by Gasteiger charge is -2.16. The zero-order valence-corrected chi connectivity index (χ0v) is 18.5. The number of para-hydroxylation sites is 1. The van der Waals surface area contributed by atoms with Crippen LogP contribution in [-0.4, -0.2) is 27.8 Å². The van der Waals surface area contributed by atoms with Gasteiger partial charge in [-0.3, -0.25) is 9.59 Å². The maximum absolute atomic E-state index is 13.0. The van der Waals surface area contributed by atoms with E-state index in [4.69, 9.17) is 0 Å². The van der Waals surface area contributed by atoms with Crippen molar-refractivity contribution in [2.75, 3.05) is 5.32 Å². The first-order chi connectivity index (χ1) is 14.9. The molecule has 2 heterocycles. The first-order valence-corrected chi connectivity index (χ1v) is 10.9. The Morgan fingerprint density at radius 1 is 1.16 bits per heavy atom. The smallest absolute Gasteiger partial charge is 0.249 e. The predicted molar refractivity (Wildman–Crippen MR) is 125 cm³/mol. The van der Waals surface area contributed by atoms with E-state index in [1.54, 1.807) is 0 Å². The van der Waals surface area contributed by atoms with Crippen LogP contribution in [0.5, 0.6) is 0 Å². The number of thiazole rings is 1. The van der Waals surface area contributed by atoms with E-state index in [-0.39, 0.29) is 11.8 Å². The number of nitrogens with one attached hydrogen (secondary N) is 3. The van der Waals surface area contributed by atoms with E-state index < -0.39 is 6.04 Å². The highest BCUT2D eigenvalue weighted by Gasteiger charge is 2.22. The predicted octanol–water partition coefficient (Wildman–Crippen LogP) is 4.59. The quantitative estimate of drug-likeness (QED) is 0.416.